The molecular formula is C26H26N2O3. The number of carbonyl (C=O) groups excluding carboxylic acids is 2. The van der Waals surface area contributed by atoms with Gasteiger partial charge in [-0.2, -0.15) is 0 Å². The summed E-state index contributed by atoms with van der Waals surface area (Å²) in [5.41, 5.74) is 4.13. The Hall–Kier alpha value is -3.60. The Kier molecular flexibility index (Phi) is 6.32. The first-order valence-corrected chi connectivity index (χ1v) is 10.6. The van der Waals surface area contributed by atoms with Gasteiger partial charge in [-0.1, -0.05) is 54.6 Å². The van der Waals surface area contributed by atoms with Crippen molar-refractivity contribution < 1.29 is 14.3 Å². The van der Waals surface area contributed by atoms with Gasteiger partial charge >= 0.3 is 0 Å². The summed E-state index contributed by atoms with van der Waals surface area (Å²) in [6, 6.07) is 25.6. The summed E-state index contributed by atoms with van der Waals surface area (Å²) < 4.78 is 5.80. The number of benzene rings is 3. The van der Waals surface area contributed by atoms with Crippen LogP contribution in [0.4, 0.5) is 5.69 Å². The van der Waals surface area contributed by atoms with Crippen LogP contribution in [0.1, 0.15) is 25.3 Å². The van der Waals surface area contributed by atoms with Crippen molar-refractivity contribution in [1.29, 1.82) is 0 Å². The highest BCUT2D eigenvalue weighted by atomic mass is 16.5. The van der Waals surface area contributed by atoms with E-state index in [1.54, 1.807) is 11.8 Å². The summed E-state index contributed by atoms with van der Waals surface area (Å²) in [4.78, 5) is 26.1. The molecule has 1 N–H and O–H groups in total. The second-order valence-electron chi connectivity index (χ2n) is 7.68. The molecule has 3 aromatic carbocycles. The summed E-state index contributed by atoms with van der Waals surface area (Å²) in [6.07, 6.45) is 0.915. The predicted octanol–water partition coefficient (Wildman–Crippen LogP) is 4.56. The van der Waals surface area contributed by atoms with Crippen LogP contribution in [-0.2, 0) is 16.1 Å². The van der Waals surface area contributed by atoms with Crippen molar-refractivity contribution >= 4 is 17.5 Å². The maximum Gasteiger partial charge on any atom is 0.261 e. The van der Waals surface area contributed by atoms with E-state index in [1.807, 2.05) is 66.7 Å². The van der Waals surface area contributed by atoms with Crippen LogP contribution < -0.4 is 15.0 Å². The van der Waals surface area contributed by atoms with Gasteiger partial charge in [0, 0.05) is 25.2 Å². The fraction of sp³-hybridized carbons (Fsp3) is 0.231. The molecule has 0 radical (unpaired) electrons. The second kappa shape index (κ2) is 9.47. The van der Waals surface area contributed by atoms with E-state index in [4.69, 9.17) is 4.74 Å². The maximum atomic E-state index is 12.4. The Labute approximate surface area is 182 Å². The number of anilines is 1. The van der Waals surface area contributed by atoms with Crippen LogP contribution in [0.15, 0.2) is 78.9 Å². The Bertz CT molecular complexity index is 1030. The zero-order valence-electron chi connectivity index (χ0n) is 17.6. The van der Waals surface area contributed by atoms with Gasteiger partial charge in [0.1, 0.15) is 5.75 Å². The highest BCUT2D eigenvalue weighted by Crippen LogP contribution is 2.23. The summed E-state index contributed by atoms with van der Waals surface area (Å²) in [6.45, 7) is 2.92. The minimum Gasteiger partial charge on any atom is -0.481 e. The van der Waals surface area contributed by atoms with Crippen LogP contribution in [0, 0.1) is 0 Å². The Morgan fingerprint density at radius 3 is 2.29 bits per heavy atom. The fourth-order valence-electron chi connectivity index (χ4n) is 3.66. The number of carbonyl (C=O) groups is 2. The molecule has 0 aromatic heterocycles. The summed E-state index contributed by atoms with van der Waals surface area (Å²) in [5, 5.41) is 2.91. The third kappa shape index (κ3) is 5.12. The molecule has 3 aromatic rings. The first-order chi connectivity index (χ1) is 15.1. The van der Waals surface area contributed by atoms with Crippen LogP contribution in [0.2, 0.25) is 0 Å². The molecule has 1 saturated heterocycles. The van der Waals surface area contributed by atoms with E-state index >= 15 is 0 Å². The van der Waals surface area contributed by atoms with Crippen molar-refractivity contribution in [3.8, 4) is 16.9 Å². The van der Waals surface area contributed by atoms with Crippen LogP contribution in [-0.4, -0.2) is 24.5 Å². The minimum atomic E-state index is -0.607. The Balaban J connectivity index is 1.28. The summed E-state index contributed by atoms with van der Waals surface area (Å²) in [5.74, 6) is 0.650. The minimum absolute atomic E-state index is 0.170. The summed E-state index contributed by atoms with van der Waals surface area (Å²) >= 11 is 0. The van der Waals surface area contributed by atoms with Gasteiger partial charge in [-0.05, 0) is 54.3 Å². The van der Waals surface area contributed by atoms with Crippen molar-refractivity contribution in [3.05, 3.63) is 84.4 Å². The maximum absolute atomic E-state index is 12.4. The van der Waals surface area contributed by atoms with Gasteiger partial charge in [-0.25, -0.2) is 0 Å². The van der Waals surface area contributed by atoms with Gasteiger partial charge in [0.15, 0.2) is 6.10 Å². The molecule has 5 heteroatoms. The fourth-order valence-corrected chi connectivity index (χ4v) is 3.66. The predicted molar refractivity (Wildman–Crippen MR) is 122 cm³/mol. The zero-order valence-corrected chi connectivity index (χ0v) is 17.6. The molecule has 4 rings (SSSR count). The number of hydrogen-bond acceptors (Lipinski definition) is 3. The third-order valence-electron chi connectivity index (χ3n) is 5.43. The van der Waals surface area contributed by atoms with Gasteiger partial charge in [0.05, 0.1) is 0 Å². The highest BCUT2D eigenvalue weighted by molar-refractivity contribution is 5.95. The van der Waals surface area contributed by atoms with E-state index in [0.29, 0.717) is 18.7 Å². The number of ether oxygens (including phenoxy) is 1. The molecule has 0 saturated carbocycles. The lowest BCUT2D eigenvalue weighted by molar-refractivity contribution is -0.127. The van der Waals surface area contributed by atoms with E-state index in [-0.39, 0.29) is 11.8 Å². The Morgan fingerprint density at radius 1 is 0.968 bits per heavy atom. The average molecular weight is 415 g/mol. The molecule has 0 bridgehead atoms. The molecule has 1 aliphatic rings. The third-order valence-corrected chi connectivity index (χ3v) is 5.43. The van der Waals surface area contributed by atoms with Crippen molar-refractivity contribution in [1.82, 2.24) is 5.32 Å². The molecule has 1 fully saturated rings. The van der Waals surface area contributed by atoms with E-state index in [2.05, 4.69) is 17.4 Å². The molecule has 1 atom stereocenters. The topological polar surface area (TPSA) is 58.6 Å². The average Bonchev–Trinajstić information content (AvgIpc) is 3.24. The molecular weight excluding hydrogens is 388 g/mol. The van der Waals surface area contributed by atoms with Gasteiger partial charge in [0.2, 0.25) is 5.91 Å². The second-order valence-corrected chi connectivity index (χ2v) is 7.68. The molecule has 1 heterocycles. The lowest BCUT2D eigenvalue weighted by Gasteiger charge is -2.17. The van der Waals surface area contributed by atoms with Gasteiger partial charge in [0.25, 0.3) is 5.91 Å². The van der Waals surface area contributed by atoms with Crippen molar-refractivity contribution in [2.24, 2.45) is 0 Å². The number of hydrogen-bond donors (Lipinski definition) is 1. The highest BCUT2D eigenvalue weighted by Gasteiger charge is 2.21. The first kappa shape index (κ1) is 20.7. The van der Waals surface area contributed by atoms with E-state index in [1.165, 1.54) is 0 Å². The molecule has 2 amide bonds. The van der Waals surface area contributed by atoms with E-state index in [9.17, 15) is 9.59 Å². The van der Waals surface area contributed by atoms with Crippen molar-refractivity contribution in [2.45, 2.75) is 32.4 Å². The number of rotatable bonds is 7. The lowest BCUT2D eigenvalue weighted by atomic mass is 10.1. The lowest BCUT2D eigenvalue weighted by Crippen LogP contribution is -2.35. The molecule has 0 aliphatic carbocycles. The van der Waals surface area contributed by atoms with Crippen molar-refractivity contribution in [3.63, 3.8) is 0 Å². The molecule has 31 heavy (non-hydrogen) atoms. The number of nitrogens with zero attached hydrogens (tertiary/aromatic N) is 1. The largest absolute Gasteiger partial charge is 0.481 e. The van der Waals surface area contributed by atoms with Crippen LogP contribution in [0.3, 0.4) is 0 Å². The molecule has 5 nitrogen and oxygen atoms in total. The molecule has 158 valence electrons. The normalized spacial score (nSPS) is 14.4. The van der Waals surface area contributed by atoms with Crippen LogP contribution in [0.25, 0.3) is 11.1 Å². The zero-order chi connectivity index (χ0) is 21.6. The monoisotopic (exact) mass is 414 g/mol. The Morgan fingerprint density at radius 2 is 1.65 bits per heavy atom. The van der Waals surface area contributed by atoms with Gasteiger partial charge < -0.3 is 15.0 Å². The first-order valence-electron chi connectivity index (χ1n) is 10.6. The van der Waals surface area contributed by atoms with E-state index < -0.39 is 6.10 Å². The smallest absolute Gasteiger partial charge is 0.261 e. The van der Waals surface area contributed by atoms with Crippen LogP contribution in [0.5, 0.6) is 5.75 Å². The molecule has 1 unspecified atom stereocenters. The number of nitrogens with one attached hydrogen (secondary N) is 1. The SMILES string of the molecule is CC(Oc1ccc(-c2ccccc2)cc1)C(=O)NCc1ccc(N2CCCC2=O)cc1. The summed E-state index contributed by atoms with van der Waals surface area (Å²) in [7, 11) is 0. The van der Waals surface area contributed by atoms with Gasteiger partial charge in [-0.15, -0.1) is 0 Å². The van der Waals surface area contributed by atoms with E-state index in [0.717, 1.165) is 35.3 Å². The van der Waals surface area contributed by atoms with Crippen molar-refractivity contribution in [2.75, 3.05) is 11.4 Å². The quantitative estimate of drug-likeness (QED) is 0.616. The standard InChI is InChI=1S/C26H26N2O3/c1-19(31-24-15-11-22(12-16-24)21-6-3-2-4-7-21)26(30)27-18-20-9-13-23(14-10-20)28-17-5-8-25(28)29/h2-4,6-7,9-16,19H,5,8,17-18H2,1H3,(H,27,30). The van der Waals surface area contributed by atoms with Gasteiger partial charge in [-0.3, -0.25) is 9.59 Å². The molecule has 0 spiro atoms. The molecule has 1 aliphatic heterocycles. The van der Waals surface area contributed by atoms with Crippen LogP contribution >= 0.6 is 0 Å². The number of amides is 2.